The van der Waals surface area contributed by atoms with Crippen molar-refractivity contribution in [2.24, 2.45) is 0 Å². The standard InChI is InChI=1S/C12H14O3S/c1-7(11(13)14)8-4-5-10-9(6-8)15-12(2,3)16-10/h4-7H,1-3H3,(H,13,14). The largest absolute Gasteiger partial charge is 0.481 e. The first-order valence-electron chi connectivity index (χ1n) is 5.14. The third-order valence-electron chi connectivity index (χ3n) is 2.55. The quantitative estimate of drug-likeness (QED) is 0.860. The number of rotatable bonds is 2. The van der Waals surface area contributed by atoms with Gasteiger partial charge in [0.2, 0.25) is 0 Å². The van der Waals surface area contributed by atoms with Crippen molar-refractivity contribution in [1.82, 2.24) is 0 Å². The fourth-order valence-corrected chi connectivity index (χ4v) is 2.65. The Balaban J connectivity index is 2.32. The third-order valence-corrected chi connectivity index (χ3v) is 3.68. The molecule has 2 rings (SSSR count). The van der Waals surface area contributed by atoms with Crippen LogP contribution in [0, 0.1) is 0 Å². The van der Waals surface area contributed by atoms with E-state index >= 15 is 0 Å². The molecule has 4 heteroatoms. The Morgan fingerprint density at radius 1 is 1.50 bits per heavy atom. The number of hydrogen-bond donors (Lipinski definition) is 1. The summed E-state index contributed by atoms with van der Waals surface area (Å²) in [6.45, 7) is 5.67. The van der Waals surface area contributed by atoms with E-state index in [0.717, 1.165) is 16.2 Å². The Bertz CT molecular complexity index is 440. The van der Waals surface area contributed by atoms with E-state index in [4.69, 9.17) is 9.84 Å². The average molecular weight is 238 g/mol. The summed E-state index contributed by atoms with van der Waals surface area (Å²) in [6.07, 6.45) is 0. The van der Waals surface area contributed by atoms with Crippen LogP contribution in [0.1, 0.15) is 32.3 Å². The maximum atomic E-state index is 10.9. The fourth-order valence-electron chi connectivity index (χ4n) is 1.65. The summed E-state index contributed by atoms with van der Waals surface area (Å²) in [6, 6.07) is 5.62. The molecule has 1 aromatic rings. The van der Waals surface area contributed by atoms with Crippen molar-refractivity contribution in [1.29, 1.82) is 0 Å². The highest BCUT2D eigenvalue weighted by molar-refractivity contribution is 8.00. The summed E-state index contributed by atoms with van der Waals surface area (Å²) < 4.78 is 5.73. The predicted molar refractivity (Wildman–Crippen MR) is 63.1 cm³/mol. The molecule has 16 heavy (non-hydrogen) atoms. The maximum absolute atomic E-state index is 10.9. The molecular weight excluding hydrogens is 224 g/mol. The number of carboxylic acid groups (broad SMARTS) is 1. The lowest BCUT2D eigenvalue weighted by molar-refractivity contribution is -0.138. The van der Waals surface area contributed by atoms with Gasteiger partial charge in [0, 0.05) is 0 Å². The zero-order chi connectivity index (χ0) is 11.9. The molecule has 1 aliphatic rings. The molecule has 0 aliphatic carbocycles. The zero-order valence-corrected chi connectivity index (χ0v) is 10.3. The lowest BCUT2D eigenvalue weighted by Crippen LogP contribution is -2.18. The van der Waals surface area contributed by atoms with E-state index in [2.05, 4.69) is 0 Å². The molecule has 0 saturated heterocycles. The Morgan fingerprint density at radius 2 is 2.19 bits per heavy atom. The first-order chi connectivity index (χ1) is 7.39. The topological polar surface area (TPSA) is 46.5 Å². The highest BCUT2D eigenvalue weighted by Gasteiger charge is 2.31. The Morgan fingerprint density at radius 3 is 2.81 bits per heavy atom. The summed E-state index contributed by atoms with van der Waals surface area (Å²) in [5, 5.41) is 8.94. The van der Waals surface area contributed by atoms with E-state index in [-0.39, 0.29) is 4.93 Å². The molecule has 3 nitrogen and oxygen atoms in total. The number of carbonyl (C=O) groups is 1. The number of carboxylic acids is 1. The predicted octanol–water partition coefficient (Wildman–Crippen LogP) is 3.10. The number of aliphatic carboxylic acids is 1. The van der Waals surface area contributed by atoms with Gasteiger partial charge in [0.05, 0.1) is 10.8 Å². The van der Waals surface area contributed by atoms with Gasteiger partial charge in [-0.15, -0.1) is 0 Å². The summed E-state index contributed by atoms with van der Waals surface area (Å²) in [5.74, 6) is -0.520. The second kappa shape index (κ2) is 3.70. The Hall–Kier alpha value is -1.16. The maximum Gasteiger partial charge on any atom is 0.310 e. The van der Waals surface area contributed by atoms with Crippen LogP contribution in [0.4, 0.5) is 0 Å². The van der Waals surface area contributed by atoms with Gasteiger partial charge in [-0.1, -0.05) is 17.8 Å². The molecule has 0 aromatic heterocycles. The van der Waals surface area contributed by atoms with Crippen LogP contribution in [0.25, 0.3) is 0 Å². The lowest BCUT2D eigenvalue weighted by atomic mass is 10.0. The van der Waals surface area contributed by atoms with Crippen LogP contribution in [0.5, 0.6) is 5.75 Å². The van der Waals surface area contributed by atoms with Crippen LogP contribution in [0.2, 0.25) is 0 Å². The summed E-state index contributed by atoms with van der Waals surface area (Å²) in [7, 11) is 0. The third kappa shape index (κ3) is 2.02. The van der Waals surface area contributed by atoms with Crippen LogP contribution in [-0.4, -0.2) is 16.0 Å². The van der Waals surface area contributed by atoms with Crippen molar-refractivity contribution >= 4 is 17.7 Å². The smallest absolute Gasteiger partial charge is 0.310 e. The van der Waals surface area contributed by atoms with Crippen molar-refractivity contribution in [2.75, 3.05) is 0 Å². The van der Waals surface area contributed by atoms with E-state index in [0.29, 0.717) is 0 Å². The van der Waals surface area contributed by atoms with E-state index in [1.165, 1.54) is 0 Å². The minimum atomic E-state index is -0.815. The SMILES string of the molecule is CC(C(=O)O)c1ccc2c(c1)OC(C)(C)S2. The second-order valence-electron chi connectivity index (χ2n) is 4.37. The minimum Gasteiger partial charge on any atom is -0.481 e. The van der Waals surface area contributed by atoms with Crippen molar-refractivity contribution in [3.05, 3.63) is 23.8 Å². The first kappa shape index (κ1) is 11.3. The van der Waals surface area contributed by atoms with Crippen molar-refractivity contribution in [3.8, 4) is 5.75 Å². The molecule has 86 valence electrons. The highest BCUT2D eigenvalue weighted by atomic mass is 32.2. The van der Waals surface area contributed by atoms with Gasteiger partial charge in [-0.3, -0.25) is 4.79 Å². The normalized spacial score (nSPS) is 18.7. The van der Waals surface area contributed by atoms with E-state index in [1.54, 1.807) is 18.7 Å². The van der Waals surface area contributed by atoms with Gasteiger partial charge in [0.1, 0.15) is 5.75 Å². The molecule has 1 N–H and O–H groups in total. The average Bonchev–Trinajstić information content (AvgIpc) is 2.48. The van der Waals surface area contributed by atoms with Gasteiger partial charge in [0.15, 0.2) is 4.93 Å². The molecule has 0 spiro atoms. The van der Waals surface area contributed by atoms with E-state index < -0.39 is 11.9 Å². The monoisotopic (exact) mass is 238 g/mol. The molecule has 0 radical (unpaired) electrons. The highest BCUT2D eigenvalue weighted by Crippen LogP contribution is 2.47. The van der Waals surface area contributed by atoms with Gasteiger partial charge in [-0.2, -0.15) is 0 Å². The summed E-state index contributed by atoms with van der Waals surface area (Å²) in [4.78, 5) is 11.7. The molecular formula is C12H14O3S. The molecule has 1 aromatic carbocycles. The van der Waals surface area contributed by atoms with Crippen LogP contribution < -0.4 is 4.74 Å². The molecule has 0 bridgehead atoms. The number of fused-ring (bicyclic) bond motifs is 1. The molecule has 1 unspecified atom stereocenters. The Labute approximate surface area is 98.8 Å². The van der Waals surface area contributed by atoms with Crippen molar-refractivity contribution in [3.63, 3.8) is 0 Å². The lowest BCUT2D eigenvalue weighted by Gasteiger charge is -2.15. The van der Waals surface area contributed by atoms with Gasteiger partial charge < -0.3 is 9.84 Å². The Kier molecular flexibility index (Phi) is 2.62. The van der Waals surface area contributed by atoms with Crippen LogP contribution in [-0.2, 0) is 4.79 Å². The number of hydrogen-bond acceptors (Lipinski definition) is 3. The molecule has 0 amide bonds. The number of ether oxygens (including phenoxy) is 1. The van der Waals surface area contributed by atoms with Crippen molar-refractivity contribution in [2.45, 2.75) is 36.5 Å². The van der Waals surface area contributed by atoms with E-state index in [9.17, 15) is 4.79 Å². The van der Waals surface area contributed by atoms with Crippen LogP contribution in [0.15, 0.2) is 23.1 Å². The number of thioether (sulfide) groups is 1. The number of benzene rings is 1. The molecule has 1 heterocycles. The molecule has 0 saturated carbocycles. The minimum absolute atomic E-state index is 0.257. The molecule has 0 fully saturated rings. The zero-order valence-electron chi connectivity index (χ0n) is 9.48. The van der Waals surface area contributed by atoms with Gasteiger partial charge in [-0.25, -0.2) is 0 Å². The van der Waals surface area contributed by atoms with Crippen LogP contribution in [0.3, 0.4) is 0 Å². The van der Waals surface area contributed by atoms with Gasteiger partial charge in [-0.05, 0) is 38.5 Å². The van der Waals surface area contributed by atoms with E-state index in [1.807, 2.05) is 32.0 Å². The fraction of sp³-hybridized carbons (Fsp3) is 0.417. The van der Waals surface area contributed by atoms with Crippen molar-refractivity contribution < 1.29 is 14.6 Å². The molecule has 1 aliphatic heterocycles. The van der Waals surface area contributed by atoms with Gasteiger partial charge in [0.25, 0.3) is 0 Å². The summed E-state index contributed by atoms with van der Waals surface area (Å²) in [5.41, 5.74) is 0.782. The first-order valence-corrected chi connectivity index (χ1v) is 5.95. The summed E-state index contributed by atoms with van der Waals surface area (Å²) >= 11 is 1.65. The van der Waals surface area contributed by atoms with Gasteiger partial charge >= 0.3 is 5.97 Å². The molecule has 1 atom stereocenters. The van der Waals surface area contributed by atoms with Crippen LogP contribution >= 0.6 is 11.8 Å². The second-order valence-corrected chi connectivity index (χ2v) is 6.00.